The maximum absolute atomic E-state index is 6.81. The van der Waals surface area contributed by atoms with Gasteiger partial charge in [0.25, 0.3) is 0 Å². The first-order valence-electron chi connectivity index (χ1n) is 43.1. The van der Waals surface area contributed by atoms with Gasteiger partial charge in [0.1, 0.15) is 44.7 Å². The summed E-state index contributed by atoms with van der Waals surface area (Å²) >= 11 is 12.2. The molecule has 7 aromatic heterocycles. The molecule has 604 valence electrons. The second-order valence-electron chi connectivity index (χ2n) is 33.0. The van der Waals surface area contributed by atoms with Crippen molar-refractivity contribution in [2.75, 3.05) is 9.80 Å². The fraction of sp³-hybridized carbons (Fsp3) is 0.00855. The van der Waals surface area contributed by atoms with E-state index in [0.29, 0.717) is 10.0 Å². The van der Waals surface area contributed by atoms with Crippen molar-refractivity contribution < 1.29 is 17.7 Å². The lowest BCUT2D eigenvalue weighted by atomic mass is 10.0. The van der Waals surface area contributed by atoms with Gasteiger partial charge in [-0.2, -0.15) is 0 Å². The van der Waals surface area contributed by atoms with Crippen LogP contribution in [0.2, 0.25) is 10.0 Å². The van der Waals surface area contributed by atoms with Crippen LogP contribution in [0.25, 0.3) is 192 Å². The molecule has 0 radical (unpaired) electrons. The molecule has 9 nitrogen and oxygen atoms in total. The van der Waals surface area contributed by atoms with Gasteiger partial charge in [0.2, 0.25) is 0 Å². The SMILES string of the molecule is Clc1ccc2c(c1)oc1cc3cc4oc5cc(Cl)ccc5c4cc3cc12.c1ccc(Cc2ccc3c(c2)c2ccccc2n3-c2ccccc2)cc1.c1ccc(N(c2ccc3c(c2)oc2cc4cc5oc6cc(N(c7ccccc7)c7ccc8c(c7)c7ccccc7n8-c7ccccc7)ccc6c5cc4cc23)c2ccc3c(c2)c2ccccc2n3-c2ccccc2)cc1. The number of halogens is 2. The van der Waals surface area contributed by atoms with E-state index in [9.17, 15) is 0 Å². The van der Waals surface area contributed by atoms with Crippen molar-refractivity contribution in [3.05, 3.63) is 452 Å². The van der Waals surface area contributed by atoms with E-state index in [-0.39, 0.29) is 0 Å². The number of anilines is 6. The number of nitrogens with zero attached hydrogens (tertiary/aromatic N) is 5. The van der Waals surface area contributed by atoms with E-state index in [1.807, 2.05) is 36.4 Å². The predicted octanol–water partition coefficient (Wildman–Crippen LogP) is 34.1. The normalized spacial score (nSPS) is 11.9. The highest BCUT2D eigenvalue weighted by atomic mass is 35.5. The highest BCUT2D eigenvalue weighted by molar-refractivity contribution is 6.32. The summed E-state index contributed by atoms with van der Waals surface area (Å²) in [7, 11) is 0. The van der Waals surface area contributed by atoms with Crippen LogP contribution in [0.4, 0.5) is 34.1 Å². The molecular formula is C117H73Cl2N5O4. The quantitative estimate of drug-likeness (QED) is 0.128. The number of hydrogen-bond donors (Lipinski definition) is 0. The minimum atomic E-state index is 0.670. The van der Waals surface area contributed by atoms with Gasteiger partial charge >= 0.3 is 0 Å². The van der Waals surface area contributed by atoms with Crippen LogP contribution in [-0.2, 0) is 6.42 Å². The van der Waals surface area contributed by atoms with Gasteiger partial charge in [-0.15, -0.1) is 0 Å². The zero-order valence-corrected chi connectivity index (χ0v) is 70.3. The first kappa shape index (κ1) is 74.3. The van der Waals surface area contributed by atoms with E-state index < -0.39 is 0 Å². The Morgan fingerprint density at radius 2 is 0.453 bits per heavy atom. The van der Waals surface area contributed by atoms with Crippen LogP contribution in [0, 0.1) is 0 Å². The molecule has 0 saturated heterocycles. The minimum Gasteiger partial charge on any atom is -0.456 e. The zero-order chi connectivity index (χ0) is 84.6. The Morgan fingerprint density at radius 3 is 0.828 bits per heavy atom. The molecule has 0 amide bonds. The lowest BCUT2D eigenvalue weighted by Crippen LogP contribution is -2.09. The van der Waals surface area contributed by atoms with Crippen molar-refractivity contribution in [2.45, 2.75) is 6.42 Å². The van der Waals surface area contributed by atoms with Gasteiger partial charge in [0.15, 0.2) is 0 Å². The fourth-order valence-corrected chi connectivity index (χ4v) is 19.9. The van der Waals surface area contributed by atoms with E-state index >= 15 is 0 Å². The summed E-state index contributed by atoms with van der Waals surface area (Å²) < 4.78 is 32.7. The van der Waals surface area contributed by atoms with Gasteiger partial charge in [-0.25, -0.2) is 0 Å². The van der Waals surface area contributed by atoms with Gasteiger partial charge in [0.05, 0.1) is 33.1 Å². The molecule has 128 heavy (non-hydrogen) atoms. The molecule has 0 fully saturated rings. The van der Waals surface area contributed by atoms with E-state index in [2.05, 4.69) is 418 Å². The van der Waals surface area contributed by atoms with E-state index in [4.69, 9.17) is 40.9 Å². The topological polar surface area (TPSA) is 73.8 Å². The molecule has 11 heteroatoms. The average molecular weight is 1680 g/mol. The maximum Gasteiger partial charge on any atom is 0.137 e. The molecule has 0 saturated carbocycles. The Bertz CT molecular complexity index is 8670. The smallest absolute Gasteiger partial charge is 0.137 e. The summed E-state index contributed by atoms with van der Waals surface area (Å²) in [5.74, 6) is 0. The second-order valence-corrected chi connectivity index (χ2v) is 33.8. The standard InChI is InChI=1S/C70H44N4O2.C25H19N.C22H10Cl2O2/c1-5-17-47(18-6-1)71(51-31-35-65-59(41-51)55-25-13-15-27-63(55)73(65)49-21-9-3-10-22-49)53-29-33-57-61-37-45-38-62-58-34-30-54(44-70(58)76-68(62)40-46(45)39-67(61)75-69(57)43-53)72(48-19-7-2-8-20-48)52-32-36-66-60(42-52)56-26-14-16-28-64(56)74(66)50-23-11-4-12-24-50;1-3-9-19(10-4-1)17-20-15-16-25-23(18-20)22-13-7-8-14-24(22)26(25)21-11-5-2-6-12-21;23-13-1-3-15-17-5-11-6-18-16-4-2-14(24)10-22(16)26-20(18)8-12(11)7-19(17)25-21(15)9-13/h1-44H;1-16,18H,17H2;1-10H. The van der Waals surface area contributed by atoms with Crippen molar-refractivity contribution in [1.82, 2.24) is 13.7 Å². The van der Waals surface area contributed by atoms with Crippen molar-refractivity contribution in [3.63, 3.8) is 0 Å². The number of hydrogen-bond acceptors (Lipinski definition) is 6. The van der Waals surface area contributed by atoms with Crippen molar-refractivity contribution in [1.29, 1.82) is 0 Å². The first-order valence-corrected chi connectivity index (χ1v) is 43.8. The molecule has 0 bridgehead atoms. The third-order valence-electron chi connectivity index (χ3n) is 25.3. The van der Waals surface area contributed by atoms with E-state index in [0.717, 1.165) is 172 Å². The monoisotopic (exact) mass is 1680 g/mol. The van der Waals surface area contributed by atoms with E-state index in [1.165, 1.54) is 71.2 Å². The Kier molecular flexibility index (Phi) is 17.6. The Morgan fingerprint density at radius 1 is 0.180 bits per heavy atom. The lowest BCUT2D eigenvalue weighted by Gasteiger charge is -2.25. The summed E-state index contributed by atoms with van der Waals surface area (Å²) in [5, 5.41) is 21.8. The van der Waals surface area contributed by atoms with Crippen LogP contribution in [0.1, 0.15) is 11.1 Å². The Labute approximate surface area is 743 Å². The van der Waals surface area contributed by atoms with Crippen LogP contribution >= 0.6 is 23.2 Å². The third kappa shape index (κ3) is 12.7. The molecule has 0 unspecified atom stereocenters. The molecule has 0 aliphatic rings. The second kappa shape index (κ2) is 30.3. The number of rotatable bonds is 11. The molecule has 7 heterocycles. The molecule has 0 spiro atoms. The van der Waals surface area contributed by atoms with Crippen molar-refractivity contribution >= 4 is 232 Å². The maximum atomic E-state index is 6.81. The molecule has 0 N–H and O–H groups in total. The summed E-state index contributed by atoms with van der Waals surface area (Å²) in [6.45, 7) is 0. The van der Waals surface area contributed by atoms with Gasteiger partial charge in [-0.05, 0) is 264 Å². The van der Waals surface area contributed by atoms with Crippen LogP contribution in [0.3, 0.4) is 0 Å². The number of para-hydroxylation sites is 8. The van der Waals surface area contributed by atoms with E-state index in [1.54, 1.807) is 0 Å². The zero-order valence-electron chi connectivity index (χ0n) is 68.8. The first-order chi connectivity index (χ1) is 63.2. The largest absolute Gasteiger partial charge is 0.456 e. The number of furan rings is 4. The van der Waals surface area contributed by atoms with Gasteiger partial charge < -0.3 is 41.2 Å². The van der Waals surface area contributed by atoms with Crippen LogP contribution in [-0.4, -0.2) is 13.7 Å². The summed E-state index contributed by atoms with van der Waals surface area (Å²) in [6.07, 6.45) is 0.960. The number of fused-ring (bicyclic) bond motifs is 23. The van der Waals surface area contributed by atoms with Crippen molar-refractivity contribution in [2.24, 2.45) is 0 Å². The molecule has 0 atom stereocenters. The molecule has 0 aliphatic carbocycles. The molecule has 27 aromatic rings. The molecule has 20 aromatic carbocycles. The fourth-order valence-electron chi connectivity index (χ4n) is 19.6. The third-order valence-corrected chi connectivity index (χ3v) is 25.8. The molecule has 0 aliphatic heterocycles. The summed E-state index contributed by atoms with van der Waals surface area (Å²) in [4.78, 5) is 4.65. The highest BCUT2D eigenvalue weighted by Gasteiger charge is 2.24. The van der Waals surface area contributed by atoms with Gasteiger partial charge in [-0.1, -0.05) is 205 Å². The Balaban J connectivity index is 0.000000137. The lowest BCUT2D eigenvalue weighted by molar-refractivity contribution is 0.668. The highest BCUT2D eigenvalue weighted by Crippen LogP contribution is 2.48. The minimum absolute atomic E-state index is 0.670. The van der Waals surface area contributed by atoms with Crippen LogP contribution < -0.4 is 9.80 Å². The summed E-state index contributed by atoms with van der Waals surface area (Å²) in [6, 6.07) is 152. The van der Waals surface area contributed by atoms with Crippen molar-refractivity contribution in [3.8, 4) is 17.1 Å². The molecular weight excluding hydrogens is 1610 g/mol. The van der Waals surface area contributed by atoms with Gasteiger partial charge in [0, 0.05) is 161 Å². The Hall–Kier alpha value is -16.3. The number of benzene rings is 20. The molecule has 27 rings (SSSR count). The number of aromatic nitrogens is 3. The predicted molar refractivity (Wildman–Crippen MR) is 535 cm³/mol. The average Bonchev–Trinajstić information content (AvgIpc) is 1.66. The summed E-state index contributed by atoms with van der Waals surface area (Å²) in [5.41, 5.74) is 26.3. The van der Waals surface area contributed by atoms with Crippen LogP contribution in [0.5, 0.6) is 0 Å². The van der Waals surface area contributed by atoms with Crippen LogP contribution in [0.15, 0.2) is 448 Å². The van der Waals surface area contributed by atoms with Gasteiger partial charge in [-0.3, -0.25) is 0 Å².